The molecule has 0 aliphatic heterocycles. The normalized spacial score (nSPS) is 23.7. The lowest BCUT2D eigenvalue weighted by atomic mass is 9.85. The molecular weight excluding hydrogens is 242 g/mol. The molecule has 0 spiro atoms. The summed E-state index contributed by atoms with van der Waals surface area (Å²) in [6, 6.07) is 6.45. The summed E-state index contributed by atoms with van der Waals surface area (Å²) in [6.07, 6.45) is 5.22. The second kappa shape index (κ2) is 5.65. The molecule has 0 saturated heterocycles. The second-order valence-electron chi connectivity index (χ2n) is 5.19. The minimum Gasteiger partial charge on any atom is -0.388 e. The van der Waals surface area contributed by atoms with E-state index in [1.54, 1.807) is 0 Å². The smallest absolute Gasteiger partial charge is 0.129 e. The summed E-state index contributed by atoms with van der Waals surface area (Å²) < 4.78 is 0. The van der Waals surface area contributed by atoms with Gasteiger partial charge in [0.2, 0.25) is 0 Å². The largest absolute Gasteiger partial charge is 0.388 e. The van der Waals surface area contributed by atoms with Crippen molar-refractivity contribution in [3.8, 4) is 0 Å². The lowest BCUT2D eigenvalue weighted by molar-refractivity contribution is 0.320. The van der Waals surface area contributed by atoms with Crippen molar-refractivity contribution >= 4 is 23.0 Å². The van der Waals surface area contributed by atoms with Crippen LogP contribution in [0.3, 0.4) is 0 Å². The number of pyridine rings is 1. The highest BCUT2D eigenvalue weighted by atomic mass is 32.1. The van der Waals surface area contributed by atoms with Crippen LogP contribution >= 0.6 is 12.2 Å². The Balaban J connectivity index is 2.19. The first-order valence-electron chi connectivity index (χ1n) is 6.59. The molecule has 2 atom stereocenters. The zero-order chi connectivity index (χ0) is 13.1. The van der Waals surface area contributed by atoms with Crippen molar-refractivity contribution < 1.29 is 0 Å². The van der Waals surface area contributed by atoms with Crippen LogP contribution < -0.4 is 10.6 Å². The van der Waals surface area contributed by atoms with Gasteiger partial charge in [0.25, 0.3) is 0 Å². The van der Waals surface area contributed by atoms with Crippen molar-refractivity contribution in [3.63, 3.8) is 0 Å². The van der Waals surface area contributed by atoms with Crippen molar-refractivity contribution in [1.82, 2.24) is 4.98 Å². The second-order valence-corrected chi connectivity index (χ2v) is 5.63. The van der Waals surface area contributed by atoms with Crippen LogP contribution in [0.5, 0.6) is 0 Å². The van der Waals surface area contributed by atoms with Gasteiger partial charge in [0.15, 0.2) is 0 Å². The van der Waals surface area contributed by atoms with Gasteiger partial charge in [-0.3, -0.25) is 0 Å². The Kier molecular flexibility index (Phi) is 4.17. The third kappa shape index (κ3) is 2.80. The quantitative estimate of drug-likeness (QED) is 0.852. The number of nitrogens with two attached hydrogens (primary N) is 1. The van der Waals surface area contributed by atoms with Crippen LogP contribution in [0.2, 0.25) is 0 Å². The average molecular weight is 263 g/mol. The van der Waals surface area contributed by atoms with Gasteiger partial charge in [-0.05, 0) is 30.9 Å². The van der Waals surface area contributed by atoms with E-state index in [4.69, 9.17) is 18.0 Å². The molecule has 3 nitrogen and oxygen atoms in total. The van der Waals surface area contributed by atoms with Crippen LogP contribution in [0.1, 0.15) is 38.3 Å². The molecule has 1 aromatic rings. The van der Waals surface area contributed by atoms with E-state index >= 15 is 0 Å². The SMILES string of the molecule is CC1CCCCC1N(C)c1cccc(C(N)=S)n1. The molecule has 98 valence electrons. The molecule has 0 bridgehead atoms. The fraction of sp³-hybridized carbons (Fsp3) is 0.571. The van der Waals surface area contributed by atoms with Gasteiger partial charge in [-0.15, -0.1) is 0 Å². The fourth-order valence-corrected chi connectivity index (χ4v) is 2.91. The predicted molar refractivity (Wildman–Crippen MR) is 79.9 cm³/mol. The summed E-state index contributed by atoms with van der Waals surface area (Å²) in [7, 11) is 2.12. The zero-order valence-corrected chi connectivity index (χ0v) is 11.9. The Morgan fingerprint density at radius 1 is 1.39 bits per heavy atom. The molecule has 0 amide bonds. The van der Waals surface area contributed by atoms with Crippen LogP contribution in [0.25, 0.3) is 0 Å². The van der Waals surface area contributed by atoms with Gasteiger partial charge in [0.05, 0.1) is 5.69 Å². The number of thiocarbonyl (C=S) groups is 1. The molecular formula is C14H21N3S. The summed E-state index contributed by atoms with van der Waals surface area (Å²) in [5, 5.41) is 0. The molecule has 2 N–H and O–H groups in total. The lowest BCUT2D eigenvalue weighted by Crippen LogP contribution is -2.39. The average Bonchev–Trinajstić information content (AvgIpc) is 2.38. The molecule has 1 aliphatic carbocycles. The van der Waals surface area contributed by atoms with Crippen LogP contribution in [-0.4, -0.2) is 23.1 Å². The minimum atomic E-state index is 0.363. The standard InChI is InChI=1S/C14H21N3S/c1-10-6-3-4-8-12(10)17(2)13-9-5-7-11(16-13)14(15)18/h5,7,9-10,12H,3-4,6,8H2,1-2H3,(H2,15,18). The van der Waals surface area contributed by atoms with E-state index in [-0.39, 0.29) is 0 Å². The molecule has 1 heterocycles. The third-order valence-corrected chi connectivity index (χ3v) is 4.12. The third-order valence-electron chi connectivity index (χ3n) is 3.91. The number of anilines is 1. The van der Waals surface area contributed by atoms with Crippen molar-refractivity contribution in [2.45, 2.75) is 38.6 Å². The highest BCUT2D eigenvalue weighted by Gasteiger charge is 2.25. The van der Waals surface area contributed by atoms with Crippen LogP contribution in [0.4, 0.5) is 5.82 Å². The van der Waals surface area contributed by atoms with Gasteiger partial charge < -0.3 is 10.6 Å². The molecule has 2 rings (SSSR count). The van der Waals surface area contributed by atoms with Crippen LogP contribution in [0, 0.1) is 5.92 Å². The molecule has 2 unspecified atom stereocenters. The Morgan fingerprint density at radius 3 is 2.78 bits per heavy atom. The molecule has 4 heteroatoms. The molecule has 1 aliphatic rings. The predicted octanol–water partition coefficient (Wildman–Crippen LogP) is 2.73. The number of hydrogen-bond donors (Lipinski definition) is 1. The Morgan fingerprint density at radius 2 is 2.11 bits per heavy atom. The number of aromatic nitrogens is 1. The van der Waals surface area contributed by atoms with E-state index in [1.165, 1.54) is 25.7 Å². The van der Waals surface area contributed by atoms with Gasteiger partial charge in [-0.1, -0.05) is 38.0 Å². The highest BCUT2D eigenvalue weighted by molar-refractivity contribution is 7.80. The number of nitrogens with zero attached hydrogens (tertiary/aromatic N) is 2. The summed E-state index contributed by atoms with van der Waals surface area (Å²) in [5.41, 5.74) is 6.35. The molecule has 18 heavy (non-hydrogen) atoms. The first-order valence-corrected chi connectivity index (χ1v) is 7.00. The first kappa shape index (κ1) is 13.3. The first-order chi connectivity index (χ1) is 8.59. The monoisotopic (exact) mass is 263 g/mol. The van der Waals surface area contributed by atoms with E-state index in [0.717, 1.165) is 11.7 Å². The Hall–Kier alpha value is -1.16. The van der Waals surface area contributed by atoms with Crippen molar-refractivity contribution in [1.29, 1.82) is 0 Å². The van der Waals surface area contributed by atoms with Crippen molar-refractivity contribution in [3.05, 3.63) is 23.9 Å². The highest BCUT2D eigenvalue weighted by Crippen LogP contribution is 2.29. The molecule has 0 radical (unpaired) electrons. The Bertz CT molecular complexity index is 433. The topological polar surface area (TPSA) is 42.1 Å². The fourth-order valence-electron chi connectivity index (χ4n) is 2.80. The van der Waals surface area contributed by atoms with Gasteiger partial charge in [-0.25, -0.2) is 4.98 Å². The summed E-state index contributed by atoms with van der Waals surface area (Å²) in [6.45, 7) is 2.33. The summed E-state index contributed by atoms with van der Waals surface area (Å²) in [5.74, 6) is 1.69. The molecule has 1 aromatic heterocycles. The maximum Gasteiger partial charge on any atom is 0.129 e. The van der Waals surface area contributed by atoms with E-state index in [9.17, 15) is 0 Å². The van der Waals surface area contributed by atoms with Crippen LogP contribution in [0.15, 0.2) is 18.2 Å². The molecule has 0 aromatic carbocycles. The van der Waals surface area contributed by atoms with Crippen molar-refractivity contribution in [2.75, 3.05) is 11.9 Å². The van der Waals surface area contributed by atoms with E-state index in [0.29, 0.717) is 16.7 Å². The van der Waals surface area contributed by atoms with Gasteiger partial charge in [0, 0.05) is 13.1 Å². The molecule has 1 saturated carbocycles. The maximum atomic E-state index is 5.64. The molecule has 1 fully saturated rings. The van der Waals surface area contributed by atoms with E-state index in [1.807, 2.05) is 18.2 Å². The van der Waals surface area contributed by atoms with Gasteiger partial charge in [0.1, 0.15) is 10.8 Å². The van der Waals surface area contributed by atoms with Crippen molar-refractivity contribution in [2.24, 2.45) is 11.7 Å². The lowest BCUT2D eigenvalue weighted by Gasteiger charge is -2.37. The van der Waals surface area contributed by atoms with Gasteiger partial charge in [-0.2, -0.15) is 0 Å². The maximum absolute atomic E-state index is 5.64. The number of rotatable bonds is 3. The van der Waals surface area contributed by atoms with Crippen LogP contribution in [-0.2, 0) is 0 Å². The van der Waals surface area contributed by atoms with E-state index in [2.05, 4.69) is 23.9 Å². The number of hydrogen-bond acceptors (Lipinski definition) is 3. The minimum absolute atomic E-state index is 0.363. The van der Waals surface area contributed by atoms with Gasteiger partial charge >= 0.3 is 0 Å². The summed E-state index contributed by atoms with van der Waals surface area (Å²) >= 11 is 4.98. The Labute approximate surface area is 114 Å². The summed E-state index contributed by atoms with van der Waals surface area (Å²) in [4.78, 5) is 7.19. The van der Waals surface area contributed by atoms with E-state index < -0.39 is 0 Å². The zero-order valence-electron chi connectivity index (χ0n) is 11.1.